The smallest absolute Gasteiger partial charge is 0.291 e. The molecule has 26 heavy (non-hydrogen) atoms. The van der Waals surface area contributed by atoms with Crippen molar-refractivity contribution in [3.8, 4) is 0 Å². The van der Waals surface area contributed by atoms with Gasteiger partial charge in [0.15, 0.2) is 0 Å². The summed E-state index contributed by atoms with van der Waals surface area (Å²) in [6.07, 6.45) is 19.7. The lowest BCUT2D eigenvalue weighted by molar-refractivity contribution is -0.483. The van der Waals surface area contributed by atoms with Gasteiger partial charge in [-0.2, -0.15) is 16.6 Å². The maximum Gasteiger partial charge on any atom is 0.334 e. The molecule has 0 unspecified atom stereocenters. The van der Waals surface area contributed by atoms with E-state index in [1.807, 2.05) is 11.8 Å². The van der Waals surface area contributed by atoms with Crippen molar-refractivity contribution in [2.45, 2.75) is 96.8 Å². The average Bonchev–Trinajstić information content (AvgIpc) is 2.66. The molecular weight excluding hydrogens is 350 g/mol. The minimum Gasteiger partial charge on any atom is -0.291 e. The normalized spacial score (nSPS) is 11.0. The fraction of sp³-hybridized carbons (Fsp3) is 0.950. The molecule has 0 spiro atoms. The highest BCUT2D eigenvalue weighted by Gasteiger charge is 1.95. The lowest BCUT2D eigenvalue weighted by Gasteiger charge is -2.04. The zero-order valence-electron chi connectivity index (χ0n) is 16.8. The molecule has 0 aromatic carbocycles. The van der Waals surface area contributed by atoms with Gasteiger partial charge in [0.2, 0.25) is 0 Å². The van der Waals surface area contributed by atoms with E-state index in [0.717, 1.165) is 12.3 Å². The predicted molar refractivity (Wildman–Crippen MR) is 110 cm³/mol. The molecule has 0 aliphatic rings. The second-order valence-corrected chi connectivity index (χ2v) is 7.96. The summed E-state index contributed by atoms with van der Waals surface area (Å²) in [7, 11) is 0. The molecule has 6 heteroatoms. The molecule has 0 heterocycles. The van der Waals surface area contributed by atoms with Crippen molar-refractivity contribution in [1.29, 1.82) is 0 Å². The molecule has 0 aliphatic carbocycles. The highest BCUT2D eigenvalue weighted by atomic mass is 32.2. The Bertz CT molecular complexity index is 270. The molecule has 0 atom stereocenters. The zero-order valence-corrected chi connectivity index (χ0v) is 17.7. The third-order valence-electron chi connectivity index (χ3n) is 4.35. The van der Waals surface area contributed by atoms with Crippen LogP contribution < -0.4 is 5.32 Å². The summed E-state index contributed by atoms with van der Waals surface area (Å²) in [5.41, 5.74) is 0. The summed E-state index contributed by atoms with van der Waals surface area (Å²) in [6, 6.07) is 0. The number of unbranched alkanes of at least 4 members (excludes halogenated alkanes) is 13. The minimum atomic E-state index is 0.173. The summed E-state index contributed by atoms with van der Waals surface area (Å²) in [6.45, 7) is 3.52. The second kappa shape index (κ2) is 24.7. The molecule has 0 saturated carbocycles. The molecule has 1 N–H and O–H groups in total. The van der Waals surface area contributed by atoms with Crippen LogP contribution in [-0.4, -0.2) is 31.3 Å². The number of hydrogen-bond acceptors (Lipinski definition) is 6. The van der Waals surface area contributed by atoms with Crippen molar-refractivity contribution in [2.75, 3.05) is 24.8 Å². The molecule has 156 valence electrons. The molecule has 0 saturated heterocycles. The first-order chi connectivity index (χ1) is 12.9. The third kappa shape index (κ3) is 23.7. The van der Waals surface area contributed by atoms with E-state index in [1.165, 1.54) is 95.6 Å². The molecule has 0 amide bonds. The summed E-state index contributed by atoms with van der Waals surface area (Å²) in [5, 5.41) is 7.11. The number of carbonyl (C=O) groups is 1. The topological polar surface area (TPSA) is 56.8 Å². The molecule has 0 aromatic rings. The van der Waals surface area contributed by atoms with Crippen molar-refractivity contribution < 1.29 is 19.6 Å². The Hall–Kier alpha value is -0.300. The Morgan fingerprint density at radius 1 is 0.769 bits per heavy atom. The van der Waals surface area contributed by atoms with E-state index in [4.69, 9.17) is 0 Å². The third-order valence-corrected chi connectivity index (χ3v) is 5.42. The maximum atomic E-state index is 9.76. The lowest BCUT2D eigenvalue weighted by atomic mass is 10.0. The van der Waals surface area contributed by atoms with Crippen LogP contribution in [0.1, 0.15) is 96.8 Å². The van der Waals surface area contributed by atoms with Gasteiger partial charge in [0.25, 0.3) is 0 Å². The summed E-state index contributed by atoms with van der Waals surface area (Å²) in [5.74, 6) is 2.28. The van der Waals surface area contributed by atoms with Crippen LogP contribution in [0.4, 0.5) is 0 Å². The predicted octanol–water partition coefficient (Wildman–Crippen LogP) is 5.78. The van der Waals surface area contributed by atoms with Crippen LogP contribution in [0.2, 0.25) is 0 Å². The summed E-state index contributed by atoms with van der Waals surface area (Å²) < 4.78 is 0. The number of rotatable bonds is 23. The number of carbonyl (C=O) groups excluding carboxylic acids is 1. The van der Waals surface area contributed by atoms with Crippen LogP contribution >= 0.6 is 11.8 Å². The number of thioether (sulfide) groups is 1. The Kier molecular flexibility index (Phi) is 24.4. The molecule has 0 aliphatic heterocycles. The first-order valence-electron chi connectivity index (χ1n) is 10.6. The fourth-order valence-electron chi connectivity index (χ4n) is 2.83. The Balaban J connectivity index is 2.96. The molecule has 0 rings (SSSR count). The Labute approximate surface area is 165 Å². The zero-order chi connectivity index (χ0) is 19.0. The first-order valence-corrected chi connectivity index (χ1v) is 11.7. The van der Waals surface area contributed by atoms with E-state index in [2.05, 4.69) is 27.1 Å². The quantitative estimate of drug-likeness (QED) is 0.0783. The molecular formula is C20H41NO4S. The van der Waals surface area contributed by atoms with E-state index in [-0.39, 0.29) is 13.2 Å². The first kappa shape index (κ1) is 25.7. The van der Waals surface area contributed by atoms with E-state index in [9.17, 15) is 4.79 Å². The molecule has 5 nitrogen and oxygen atoms in total. The SMILES string of the molecule is CCCCCCCCCCCCCCCCSCCNCOOOC=O. The Morgan fingerprint density at radius 2 is 1.31 bits per heavy atom. The van der Waals surface area contributed by atoms with E-state index >= 15 is 0 Å². The van der Waals surface area contributed by atoms with Crippen LogP contribution in [0.25, 0.3) is 0 Å². The van der Waals surface area contributed by atoms with Gasteiger partial charge in [-0.1, -0.05) is 90.4 Å². The van der Waals surface area contributed by atoms with Crippen molar-refractivity contribution >= 4 is 18.2 Å². The van der Waals surface area contributed by atoms with E-state index in [0.29, 0.717) is 0 Å². The monoisotopic (exact) mass is 391 g/mol. The minimum absolute atomic E-state index is 0.173. The van der Waals surface area contributed by atoms with E-state index in [1.54, 1.807) is 0 Å². The van der Waals surface area contributed by atoms with Crippen LogP contribution in [0.3, 0.4) is 0 Å². The van der Waals surface area contributed by atoms with Gasteiger partial charge in [-0.25, -0.2) is 0 Å². The molecule has 0 aromatic heterocycles. The van der Waals surface area contributed by atoms with Crippen molar-refractivity contribution in [2.24, 2.45) is 0 Å². The fourth-order valence-corrected chi connectivity index (χ4v) is 3.73. The van der Waals surface area contributed by atoms with Crippen molar-refractivity contribution in [3.63, 3.8) is 0 Å². The molecule has 0 fully saturated rings. The highest BCUT2D eigenvalue weighted by molar-refractivity contribution is 7.99. The number of nitrogens with one attached hydrogen (secondary N) is 1. The highest BCUT2D eigenvalue weighted by Crippen LogP contribution is 2.13. The number of hydrogen-bond donors (Lipinski definition) is 1. The maximum absolute atomic E-state index is 9.76. The van der Waals surface area contributed by atoms with Crippen molar-refractivity contribution in [1.82, 2.24) is 5.32 Å². The van der Waals surface area contributed by atoms with Crippen LogP contribution in [0.15, 0.2) is 0 Å². The van der Waals surface area contributed by atoms with Gasteiger partial charge >= 0.3 is 6.47 Å². The van der Waals surface area contributed by atoms with Gasteiger partial charge in [0.1, 0.15) is 6.73 Å². The van der Waals surface area contributed by atoms with Gasteiger partial charge in [-0.15, -0.1) is 0 Å². The molecule has 0 radical (unpaired) electrons. The summed E-state index contributed by atoms with van der Waals surface area (Å²) >= 11 is 1.96. The van der Waals surface area contributed by atoms with Gasteiger partial charge in [-0.05, 0) is 17.2 Å². The Morgan fingerprint density at radius 3 is 1.85 bits per heavy atom. The van der Waals surface area contributed by atoms with Crippen molar-refractivity contribution in [3.05, 3.63) is 0 Å². The standard InChI is InChI=1S/C20H41NO4S/c1-2-3-4-5-6-7-8-9-10-11-12-13-14-15-17-26-18-16-21-19-23-25-24-20-22/h20-21H,2-19H2,1H3. The second-order valence-electron chi connectivity index (χ2n) is 6.73. The van der Waals surface area contributed by atoms with Crippen LogP contribution in [0, 0.1) is 0 Å². The largest absolute Gasteiger partial charge is 0.334 e. The van der Waals surface area contributed by atoms with Gasteiger partial charge in [-0.3, -0.25) is 15.0 Å². The van der Waals surface area contributed by atoms with Crippen LogP contribution in [-0.2, 0) is 19.6 Å². The van der Waals surface area contributed by atoms with E-state index < -0.39 is 0 Å². The average molecular weight is 392 g/mol. The van der Waals surface area contributed by atoms with Gasteiger partial charge in [0, 0.05) is 12.3 Å². The summed E-state index contributed by atoms with van der Waals surface area (Å²) in [4.78, 5) is 18.2. The van der Waals surface area contributed by atoms with Gasteiger partial charge < -0.3 is 0 Å². The van der Waals surface area contributed by atoms with Crippen LogP contribution in [0.5, 0.6) is 0 Å². The van der Waals surface area contributed by atoms with Gasteiger partial charge in [0.05, 0.1) is 0 Å². The molecule has 0 bridgehead atoms. The lowest BCUT2D eigenvalue weighted by Crippen LogP contribution is -2.21.